The standard InChI is InChI=1S/C11H16BF3N2O2.C9H15BN2O2.C3H5F3O3S/c1-9(2)10(3,4)19-12(18-9)8-5-16-17(6-8)7-11(13,14)15;1-8(2)9(3,4)14-10(13-8)7-5-11-12-6-7;1-2-9-10(7,8)3(4,5)6/h5-6H,7H2,1-4H3;5-6H,1-4H3,(H,11,12);2H2,1H3. The highest BCUT2D eigenvalue weighted by molar-refractivity contribution is 7.87. The van der Waals surface area contributed by atoms with E-state index < -0.39 is 53.3 Å². The van der Waals surface area contributed by atoms with Gasteiger partial charge < -0.3 is 18.6 Å². The van der Waals surface area contributed by atoms with E-state index in [-0.39, 0.29) is 18.3 Å². The Balaban J connectivity index is 0.000000238. The Hall–Kier alpha value is -2.12. The second kappa shape index (κ2) is 12.7. The molecule has 2 aromatic heterocycles. The molecule has 0 amide bonds. The summed E-state index contributed by atoms with van der Waals surface area (Å²) in [6.45, 7) is 15.2. The molecule has 20 heteroatoms. The zero-order valence-corrected chi connectivity index (χ0v) is 26.1. The molecule has 2 saturated heterocycles. The number of H-pyrrole nitrogens is 1. The first-order valence-electron chi connectivity index (χ1n) is 13.0. The van der Waals surface area contributed by atoms with Crippen LogP contribution in [0.4, 0.5) is 26.3 Å². The molecule has 2 aliphatic rings. The lowest BCUT2D eigenvalue weighted by atomic mass is 9.82. The van der Waals surface area contributed by atoms with Crippen LogP contribution in [0.5, 0.6) is 0 Å². The Morgan fingerprint density at radius 2 is 1.28 bits per heavy atom. The fourth-order valence-corrected chi connectivity index (χ4v) is 3.79. The van der Waals surface area contributed by atoms with Gasteiger partial charge in [-0.3, -0.25) is 14.0 Å². The Bertz CT molecular complexity index is 1270. The molecule has 11 nitrogen and oxygen atoms in total. The fourth-order valence-electron chi connectivity index (χ4n) is 3.34. The topological polar surface area (TPSA) is 127 Å². The van der Waals surface area contributed by atoms with Crippen molar-refractivity contribution >= 4 is 35.3 Å². The zero-order chi connectivity index (χ0) is 33.3. The lowest BCUT2D eigenvalue weighted by Crippen LogP contribution is -2.41. The van der Waals surface area contributed by atoms with Gasteiger partial charge in [0.25, 0.3) is 0 Å². The number of halogens is 6. The minimum atomic E-state index is -5.35. The van der Waals surface area contributed by atoms with Crippen LogP contribution in [0.15, 0.2) is 24.8 Å². The zero-order valence-electron chi connectivity index (χ0n) is 25.3. The van der Waals surface area contributed by atoms with Crippen LogP contribution in [0.3, 0.4) is 0 Å². The second-order valence-electron chi connectivity index (χ2n) is 11.6. The van der Waals surface area contributed by atoms with Gasteiger partial charge in [0.1, 0.15) is 6.54 Å². The maximum atomic E-state index is 12.3. The van der Waals surface area contributed by atoms with Gasteiger partial charge in [-0.05, 0) is 62.3 Å². The summed E-state index contributed by atoms with van der Waals surface area (Å²) in [4.78, 5) is 0. The lowest BCUT2D eigenvalue weighted by molar-refractivity contribution is -0.142. The third kappa shape index (κ3) is 9.43. The maximum Gasteiger partial charge on any atom is 0.523 e. The fraction of sp³-hybridized carbons (Fsp3) is 0.739. The van der Waals surface area contributed by atoms with Crippen LogP contribution in [-0.4, -0.2) is 83.3 Å². The van der Waals surface area contributed by atoms with Crippen LogP contribution in [0.1, 0.15) is 62.3 Å². The SMILES string of the molecule is CC1(C)OB(c2cn[nH]c2)OC1(C)C.CC1(C)OB(c2cnn(CC(F)(F)F)c2)OC1(C)C.CCOS(=O)(=O)C(F)(F)F. The van der Waals surface area contributed by atoms with Crippen LogP contribution in [0.2, 0.25) is 0 Å². The van der Waals surface area contributed by atoms with Crippen LogP contribution >= 0.6 is 0 Å². The Labute approximate surface area is 247 Å². The summed E-state index contributed by atoms with van der Waals surface area (Å²) >= 11 is 0. The molecule has 0 unspecified atom stereocenters. The molecule has 1 N–H and O–H groups in total. The van der Waals surface area contributed by atoms with E-state index in [0.29, 0.717) is 5.46 Å². The third-order valence-corrected chi connectivity index (χ3v) is 8.23. The first kappa shape index (κ1) is 37.1. The molecule has 2 aliphatic heterocycles. The second-order valence-corrected chi connectivity index (χ2v) is 13.2. The van der Waals surface area contributed by atoms with Crippen molar-refractivity contribution in [3.8, 4) is 0 Å². The minimum absolute atomic E-state index is 0.283. The average molecular weight is 648 g/mol. The number of nitrogens with one attached hydrogen (secondary N) is 1. The van der Waals surface area contributed by atoms with E-state index in [0.717, 1.165) is 17.1 Å². The van der Waals surface area contributed by atoms with Crippen molar-refractivity contribution in [1.29, 1.82) is 0 Å². The lowest BCUT2D eigenvalue weighted by Gasteiger charge is -2.32. The van der Waals surface area contributed by atoms with E-state index in [1.54, 1.807) is 12.4 Å². The molecule has 0 atom stereocenters. The van der Waals surface area contributed by atoms with Crippen molar-refractivity contribution in [1.82, 2.24) is 20.0 Å². The summed E-state index contributed by atoms with van der Waals surface area (Å²) < 4.78 is 118. The molecule has 0 spiro atoms. The molecule has 0 aromatic carbocycles. The molecule has 4 rings (SSSR count). The van der Waals surface area contributed by atoms with E-state index in [1.807, 2.05) is 55.4 Å². The van der Waals surface area contributed by atoms with Crippen molar-refractivity contribution in [2.24, 2.45) is 0 Å². The first-order chi connectivity index (χ1) is 19.2. The van der Waals surface area contributed by atoms with Gasteiger partial charge in [-0.1, -0.05) is 0 Å². The molecule has 0 saturated carbocycles. The molecule has 244 valence electrons. The maximum absolute atomic E-state index is 12.3. The highest BCUT2D eigenvalue weighted by Gasteiger charge is 2.53. The molecular formula is C23H36B2F6N4O7S. The Kier molecular flexibility index (Phi) is 11.0. The third-order valence-electron chi connectivity index (χ3n) is 7.12. The van der Waals surface area contributed by atoms with Gasteiger partial charge in [0.05, 0.1) is 29.0 Å². The highest BCUT2D eigenvalue weighted by Crippen LogP contribution is 2.37. The van der Waals surface area contributed by atoms with Crippen molar-refractivity contribution in [3.05, 3.63) is 24.8 Å². The number of aromatic amines is 1. The summed E-state index contributed by atoms with van der Waals surface area (Å²) in [5.41, 5.74) is -5.49. The van der Waals surface area contributed by atoms with Crippen LogP contribution in [0, 0.1) is 0 Å². The molecule has 0 radical (unpaired) electrons. The minimum Gasteiger partial charge on any atom is -0.399 e. The number of hydrogen-bond donors (Lipinski definition) is 1. The smallest absolute Gasteiger partial charge is 0.399 e. The number of rotatable bonds is 5. The number of nitrogens with zero attached hydrogens (tertiary/aromatic N) is 3. The predicted octanol–water partition coefficient (Wildman–Crippen LogP) is 3.33. The number of hydrogen-bond acceptors (Lipinski definition) is 9. The van der Waals surface area contributed by atoms with Gasteiger partial charge in [0.2, 0.25) is 0 Å². The van der Waals surface area contributed by atoms with Crippen LogP contribution in [0.25, 0.3) is 0 Å². The quantitative estimate of drug-likeness (QED) is 0.225. The van der Waals surface area contributed by atoms with Gasteiger partial charge in [-0.25, -0.2) is 0 Å². The largest absolute Gasteiger partial charge is 0.523 e. The Morgan fingerprint density at radius 1 is 0.837 bits per heavy atom. The van der Waals surface area contributed by atoms with E-state index in [9.17, 15) is 34.8 Å². The number of alkyl halides is 6. The van der Waals surface area contributed by atoms with Gasteiger partial charge in [0, 0.05) is 35.7 Å². The van der Waals surface area contributed by atoms with E-state index in [2.05, 4.69) is 19.5 Å². The van der Waals surface area contributed by atoms with Crippen molar-refractivity contribution in [3.63, 3.8) is 0 Å². The van der Waals surface area contributed by atoms with Gasteiger partial charge >= 0.3 is 36.0 Å². The molecular weight excluding hydrogens is 612 g/mol. The summed E-state index contributed by atoms with van der Waals surface area (Å²) in [5.74, 6) is 0. The monoisotopic (exact) mass is 648 g/mol. The number of aromatic nitrogens is 4. The Morgan fingerprint density at radius 3 is 1.60 bits per heavy atom. The van der Waals surface area contributed by atoms with Crippen LogP contribution < -0.4 is 10.9 Å². The van der Waals surface area contributed by atoms with E-state index in [1.165, 1.54) is 12.4 Å². The normalized spacial score (nSPS) is 20.7. The van der Waals surface area contributed by atoms with Crippen LogP contribution in [-0.2, 0) is 39.5 Å². The first-order valence-corrected chi connectivity index (χ1v) is 14.4. The molecule has 43 heavy (non-hydrogen) atoms. The summed E-state index contributed by atoms with van der Waals surface area (Å²) in [5, 5.41) is 10.3. The van der Waals surface area contributed by atoms with Gasteiger partial charge in [-0.15, -0.1) is 0 Å². The van der Waals surface area contributed by atoms with E-state index in [4.69, 9.17) is 18.6 Å². The summed E-state index contributed by atoms with van der Waals surface area (Å²) in [6.07, 6.45) is 1.87. The summed E-state index contributed by atoms with van der Waals surface area (Å²) in [7, 11) is -6.34. The van der Waals surface area contributed by atoms with Gasteiger partial charge in [-0.2, -0.15) is 45.0 Å². The van der Waals surface area contributed by atoms with E-state index >= 15 is 0 Å². The average Bonchev–Trinajstić information content (AvgIpc) is 3.55. The molecule has 0 aliphatic carbocycles. The van der Waals surface area contributed by atoms with Crippen molar-refractivity contribution in [2.45, 2.75) is 103 Å². The molecule has 4 heterocycles. The predicted molar refractivity (Wildman–Crippen MR) is 145 cm³/mol. The van der Waals surface area contributed by atoms with Gasteiger partial charge in [0.15, 0.2) is 0 Å². The van der Waals surface area contributed by atoms with Crippen molar-refractivity contribution < 1.29 is 57.6 Å². The molecule has 2 aromatic rings. The molecule has 2 fully saturated rings. The highest BCUT2D eigenvalue weighted by atomic mass is 32.2. The summed E-state index contributed by atoms with van der Waals surface area (Å²) in [6, 6.07) is 0. The van der Waals surface area contributed by atoms with Crippen molar-refractivity contribution in [2.75, 3.05) is 6.61 Å². The molecule has 0 bridgehead atoms.